The van der Waals surface area contributed by atoms with E-state index in [2.05, 4.69) is 5.32 Å². The number of halogens is 1. The summed E-state index contributed by atoms with van der Waals surface area (Å²) in [7, 11) is 1.59. The average Bonchev–Trinajstić information content (AvgIpc) is 2.78. The zero-order valence-electron chi connectivity index (χ0n) is 17.0. The largest absolute Gasteiger partial charge is 0.497 e. The highest BCUT2D eigenvalue weighted by atomic mass is 35.5. The molecule has 3 aromatic carbocycles. The minimum absolute atomic E-state index is 0.00344. The smallest absolute Gasteiger partial charge is 0.335 e. The summed E-state index contributed by atoms with van der Waals surface area (Å²) in [6, 6.07) is 17.3. The monoisotopic (exact) mass is 453 g/mol. The average molecular weight is 454 g/mol. The van der Waals surface area contributed by atoms with Crippen LogP contribution in [0.5, 0.6) is 5.75 Å². The van der Waals surface area contributed by atoms with Crippen molar-refractivity contribution in [3.63, 3.8) is 0 Å². The molecular weight excluding hydrogens is 434 g/mol. The fourth-order valence-electron chi connectivity index (χ4n) is 3.14. The number of hydrogen-bond acceptors (Lipinski definition) is 4. The minimum Gasteiger partial charge on any atom is -0.497 e. The summed E-state index contributed by atoms with van der Waals surface area (Å²) in [6.07, 6.45) is 0.0598. The number of aromatic carboxylic acids is 1. The van der Waals surface area contributed by atoms with E-state index in [-0.39, 0.29) is 22.6 Å². The molecule has 164 valence electrons. The van der Waals surface area contributed by atoms with Gasteiger partial charge in [0.15, 0.2) is 0 Å². The number of benzene rings is 3. The van der Waals surface area contributed by atoms with Crippen LogP contribution in [0.1, 0.15) is 26.3 Å². The highest BCUT2D eigenvalue weighted by Crippen LogP contribution is 2.24. The number of methoxy groups -OCH3 is 1. The lowest BCUT2D eigenvalue weighted by molar-refractivity contribution is -0.139. The van der Waals surface area contributed by atoms with Gasteiger partial charge in [-0.05, 0) is 47.0 Å². The standard InChI is InChI=1S/C24H20ClNO6/c1-32-18-4-2-3-16(12-18)15-7-5-14(6-8-15)11-21(24(30)31)26-22(27)19-10-9-17(23(28)29)13-20(19)25/h2-10,12-13,21H,11H2,1H3,(H,26,27)(H,28,29)(H,30,31)/t21-/m0/s1. The number of carboxylic acid groups (broad SMARTS) is 2. The summed E-state index contributed by atoms with van der Waals surface area (Å²) in [6.45, 7) is 0. The molecule has 1 atom stereocenters. The Morgan fingerprint density at radius 2 is 1.69 bits per heavy atom. The number of carbonyl (C=O) groups is 3. The van der Waals surface area contributed by atoms with E-state index in [4.69, 9.17) is 21.4 Å². The Hall–Kier alpha value is -3.84. The molecule has 0 saturated carbocycles. The van der Waals surface area contributed by atoms with Crippen LogP contribution >= 0.6 is 11.6 Å². The van der Waals surface area contributed by atoms with Crippen LogP contribution in [0.25, 0.3) is 11.1 Å². The Balaban J connectivity index is 1.73. The first kappa shape index (κ1) is 22.8. The minimum atomic E-state index is -1.20. The molecule has 1 amide bonds. The van der Waals surface area contributed by atoms with E-state index in [0.717, 1.165) is 28.5 Å². The third-order valence-corrected chi connectivity index (χ3v) is 5.17. The molecule has 0 radical (unpaired) electrons. The van der Waals surface area contributed by atoms with Gasteiger partial charge in [0.1, 0.15) is 11.8 Å². The number of amides is 1. The molecule has 3 N–H and O–H groups in total. The second-order valence-electron chi connectivity index (χ2n) is 7.00. The molecule has 32 heavy (non-hydrogen) atoms. The van der Waals surface area contributed by atoms with Crippen LogP contribution in [-0.2, 0) is 11.2 Å². The maximum Gasteiger partial charge on any atom is 0.335 e. The van der Waals surface area contributed by atoms with Crippen molar-refractivity contribution >= 4 is 29.4 Å². The van der Waals surface area contributed by atoms with Crippen LogP contribution in [0.4, 0.5) is 0 Å². The molecule has 7 nitrogen and oxygen atoms in total. The maximum atomic E-state index is 12.5. The van der Waals surface area contributed by atoms with Gasteiger partial charge in [-0.15, -0.1) is 0 Å². The van der Waals surface area contributed by atoms with E-state index < -0.39 is 23.9 Å². The van der Waals surface area contributed by atoms with Crippen LogP contribution in [0.15, 0.2) is 66.7 Å². The van der Waals surface area contributed by atoms with E-state index in [1.165, 1.54) is 12.1 Å². The topological polar surface area (TPSA) is 113 Å². The summed E-state index contributed by atoms with van der Waals surface area (Å²) >= 11 is 6.01. The number of carbonyl (C=O) groups excluding carboxylic acids is 1. The van der Waals surface area contributed by atoms with E-state index in [1.54, 1.807) is 19.2 Å². The number of rotatable bonds is 8. The Morgan fingerprint density at radius 3 is 2.28 bits per heavy atom. The quantitative estimate of drug-likeness (QED) is 0.472. The molecule has 0 saturated heterocycles. The lowest BCUT2D eigenvalue weighted by atomic mass is 10.00. The van der Waals surface area contributed by atoms with Gasteiger partial charge < -0.3 is 20.3 Å². The molecule has 0 aliphatic heterocycles. The molecule has 8 heteroatoms. The first-order valence-corrected chi connectivity index (χ1v) is 9.96. The second kappa shape index (κ2) is 9.98. The van der Waals surface area contributed by atoms with Gasteiger partial charge in [-0.25, -0.2) is 9.59 Å². The molecular formula is C24H20ClNO6. The van der Waals surface area contributed by atoms with Gasteiger partial charge in [0.05, 0.1) is 23.3 Å². The molecule has 3 aromatic rings. The highest BCUT2D eigenvalue weighted by molar-refractivity contribution is 6.34. The SMILES string of the molecule is COc1cccc(-c2ccc(C[C@H](NC(=O)c3ccc(C(=O)O)cc3Cl)C(=O)O)cc2)c1. The Bertz CT molecular complexity index is 1160. The number of ether oxygens (including phenoxy) is 1. The van der Waals surface area contributed by atoms with Crippen molar-refractivity contribution in [1.82, 2.24) is 5.32 Å². The Kier molecular flexibility index (Phi) is 7.12. The van der Waals surface area contributed by atoms with E-state index in [1.807, 2.05) is 36.4 Å². The fourth-order valence-corrected chi connectivity index (χ4v) is 3.41. The van der Waals surface area contributed by atoms with E-state index in [0.29, 0.717) is 0 Å². The van der Waals surface area contributed by atoms with Gasteiger partial charge in [0, 0.05) is 6.42 Å². The number of carboxylic acids is 2. The predicted molar refractivity (Wildman–Crippen MR) is 119 cm³/mol. The highest BCUT2D eigenvalue weighted by Gasteiger charge is 2.23. The molecule has 3 rings (SSSR count). The van der Waals surface area contributed by atoms with Gasteiger partial charge in [-0.3, -0.25) is 4.79 Å². The summed E-state index contributed by atoms with van der Waals surface area (Å²) in [5, 5.41) is 20.9. The molecule has 0 fully saturated rings. The first-order valence-electron chi connectivity index (χ1n) is 9.58. The van der Waals surface area contributed by atoms with Crippen molar-refractivity contribution in [2.45, 2.75) is 12.5 Å². The zero-order chi connectivity index (χ0) is 23.3. The van der Waals surface area contributed by atoms with Crippen molar-refractivity contribution in [1.29, 1.82) is 0 Å². The molecule has 0 aromatic heterocycles. The number of nitrogens with one attached hydrogen (secondary N) is 1. The Morgan fingerprint density at radius 1 is 0.969 bits per heavy atom. The maximum absolute atomic E-state index is 12.5. The predicted octanol–water partition coefficient (Wildman–Crippen LogP) is 4.14. The molecule has 0 aliphatic carbocycles. The summed E-state index contributed by atoms with van der Waals surface area (Å²) in [4.78, 5) is 35.3. The van der Waals surface area contributed by atoms with Crippen molar-refractivity contribution in [3.8, 4) is 16.9 Å². The van der Waals surface area contributed by atoms with E-state index in [9.17, 15) is 19.5 Å². The number of hydrogen-bond donors (Lipinski definition) is 3. The van der Waals surface area contributed by atoms with Crippen molar-refractivity contribution in [3.05, 3.63) is 88.4 Å². The zero-order valence-corrected chi connectivity index (χ0v) is 17.8. The van der Waals surface area contributed by atoms with Crippen molar-refractivity contribution in [2.75, 3.05) is 7.11 Å². The summed E-state index contributed by atoms with van der Waals surface area (Å²) in [5.41, 5.74) is 2.54. The number of aliphatic carboxylic acids is 1. The second-order valence-corrected chi connectivity index (χ2v) is 7.40. The van der Waals surface area contributed by atoms with Gasteiger partial charge in [0.25, 0.3) is 5.91 Å². The van der Waals surface area contributed by atoms with Crippen LogP contribution in [0.3, 0.4) is 0 Å². The van der Waals surface area contributed by atoms with Gasteiger partial charge in [-0.1, -0.05) is 48.0 Å². The Labute approximate surface area is 189 Å². The van der Waals surface area contributed by atoms with Crippen LogP contribution in [0, 0.1) is 0 Å². The molecule has 0 bridgehead atoms. The fraction of sp³-hybridized carbons (Fsp3) is 0.125. The lowest BCUT2D eigenvalue weighted by Crippen LogP contribution is -2.42. The molecule has 0 spiro atoms. The normalized spacial score (nSPS) is 11.4. The third kappa shape index (κ3) is 5.44. The van der Waals surface area contributed by atoms with E-state index >= 15 is 0 Å². The molecule has 0 heterocycles. The first-order chi connectivity index (χ1) is 15.3. The van der Waals surface area contributed by atoms with Crippen LogP contribution < -0.4 is 10.1 Å². The third-order valence-electron chi connectivity index (χ3n) is 4.86. The van der Waals surface area contributed by atoms with Crippen LogP contribution in [0.2, 0.25) is 5.02 Å². The summed E-state index contributed by atoms with van der Waals surface area (Å²) in [5.74, 6) is -2.35. The van der Waals surface area contributed by atoms with Gasteiger partial charge >= 0.3 is 11.9 Å². The van der Waals surface area contributed by atoms with Gasteiger partial charge in [-0.2, -0.15) is 0 Å². The molecule has 0 unspecified atom stereocenters. The molecule has 0 aliphatic rings. The summed E-state index contributed by atoms with van der Waals surface area (Å²) < 4.78 is 5.24. The van der Waals surface area contributed by atoms with Crippen LogP contribution in [-0.4, -0.2) is 41.2 Å². The van der Waals surface area contributed by atoms with Gasteiger partial charge in [0.2, 0.25) is 0 Å². The van der Waals surface area contributed by atoms with Crippen molar-refractivity contribution in [2.24, 2.45) is 0 Å². The van der Waals surface area contributed by atoms with Crippen molar-refractivity contribution < 1.29 is 29.3 Å². The lowest BCUT2D eigenvalue weighted by Gasteiger charge is -2.16.